The number of anilines is 1. The average molecular weight is 356 g/mol. The van der Waals surface area contributed by atoms with Gasteiger partial charge >= 0.3 is 0 Å². The Hall–Kier alpha value is -1.36. The predicted octanol–water partition coefficient (Wildman–Crippen LogP) is 5.12. The Balaban J connectivity index is 2.04. The number of thioether (sulfide) groups is 1. The molecule has 0 radical (unpaired) electrons. The Labute approximate surface area is 144 Å². The number of hydrogen-bond donors (Lipinski definition) is 1. The highest BCUT2D eigenvalue weighted by atomic mass is 35.5. The van der Waals surface area contributed by atoms with Gasteiger partial charge in [-0.15, -0.1) is 11.8 Å². The van der Waals surface area contributed by atoms with Gasteiger partial charge < -0.3 is 10.1 Å². The van der Waals surface area contributed by atoms with Gasteiger partial charge in [0.25, 0.3) is 5.91 Å². The van der Waals surface area contributed by atoms with Gasteiger partial charge in [-0.25, -0.2) is 0 Å². The van der Waals surface area contributed by atoms with Gasteiger partial charge in [0.2, 0.25) is 0 Å². The first kappa shape index (κ1) is 17.0. The highest BCUT2D eigenvalue weighted by Crippen LogP contribution is 2.27. The van der Waals surface area contributed by atoms with Crippen molar-refractivity contribution in [1.82, 2.24) is 0 Å². The molecule has 3 nitrogen and oxygen atoms in total. The third-order valence-corrected chi connectivity index (χ3v) is 4.47. The van der Waals surface area contributed by atoms with Crippen molar-refractivity contribution in [2.45, 2.75) is 17.9 Å². The Kier molecular flexibility index (Phi) is 6.00. The summed E-state index contributed by atoms with van der Waals surface area (Å²) in [5.74, 6) is 0.266. The molecule has 0 aliphatic heterocycles. The molecular formula is C16H15Cl2NO2S. The topological polar surface area (TPSA) is 38.3 Å². The number of carbonyl (C=O) groups excluding carboxylic acids is 1. The van der Waals surface area contributed by atoms with Gasteiger partial charge in [-0.3, -0.25) is 4.79 Å². The molecule has 0 saturated heterocycles. The van der Waals surface area contributed by atoms with E-state index in [1.807, 2.05) is 30.5 Å². The largest absolute Gasteiger partial charge is 0.481 e. The fourth-order valence-electron chi connectivity index (χ4n) is 1.79. The summed E-state index contributed by atoms with van der Waals surface area (Å²) in [6, 6.07) is 12.5. The van der Waals surface area contributed by atoms with E-state index in [0.717, 1.165) is 10.6 Å². The van der Waals surface area contributed by atoms with E-state index in [1.165, 1.54) is 0 Å². The average Bonchev–Trinajstić information content (AvgIpc) is 2.51. The van der Waals surface area contributed by atoms with Crippen LogP contribution in [0.2, 0.25) is 10.0 Å². The van der Waals surface area contributed by atoms with Gasteiger partial charge in [0.1, 0.15) is 5.75 Å². The van der Waals surface area contributed by atoms with Gasteiger partial charge in [0.15, 0.2) is 6.10 Å². The summed E-state index contributed by atoms with van der Waals surface area (Å²) in [5.41, 5.74) is 0.768. The number of ether oxygens (including phenoxy) is 1. The summed E-state index contributed by atoms with van der Waals surface area (Å²) >= 11 is 13.4. The number of halogens is 2. The molecule has 1 amide bonds. The van der Waals surface area contributed by atoms with Crippen molar-refractivity contribution in [3.8, 4) is 5.75 Å². The number of para-hydroxylation sites is 1. The van der Waals surface area contributed by atoms with Crippen LogP contribution in [-0.4, -0.2) is 18.3 Å². The van der Waals surface area contributed by atoms with E-state index < -0.39 is 6.10 Å². The Bertz CT molecular complexity index is 679. The van der Waals surface area contributed by atoms with E-state index in [2.05, 4.69) is 5.32 Å². The lowest BCUT2D eigenvalue weighted by molar-refractivity contribution is -0.122. The number of rotatable bonds is 5. The molecule has 2 aromatic carbocycles. The third-order valence-electron chi connectivity index (χ3n) is 2.94. The third kappa shape index (κ3) is 4.32. The molecule has 0 aromatic heterocycles. The number of hydrogen-bond acceptors (Lipinski definition) is 3. The quantitative estimate of drug-likeness (QED) is 0.756. The summed E-state index contributed by atoms with van der Waals surface area (Å²) < 4.78 is 5.60. The molecule has 1 unspecified atom stereocenters. The molecule has 6 heteroatoms. The molecule has 0 bridgehead atoms. The van der Waals surface area contributed by atoms with Crippen LogP contribution in [0.5, 0.6) is 5.75 Å². The van der Waals surface area contributed by atoms with Gasteiger partial charge in [-0.05, 0) is 37.4 Å². The SMILES string of the molecule is CSc1ccccc1NC(=O)C(C)Oc1ccc(Cl)c(Cl)c1. The number of nitrogens with one attached hydrogen (secondary N) is 1. The smallest absolute Gasteiger partial charge is 0.265 e. The van der Waals surface area contributed by atoms with E-state index in [1.54, 1.807) is 36.9 Å². The first-order chi connectivity index (χ1) is 10.5. The molecule has 2 aromatic rings. The van der Waals surface area contributed by atoms with Crippen molar-refractivity contribution in [1.29, 1.82) is 0 Å². The zero-order chi connectivity index (χ0) is 16.1. The maximum Gasteiger partial charge on any atom is 0.265 e. The zero-order valence-electron chi connectivity index (χ0n) is 12.1. The van der Waals surface area contributed by atoms with E-state index in [0.29, 0.717) is 15.8 Å². The highest BCUT2D eigenvalue weighted by molar-refractivity contribution is 7.98. The Morgan fingerprint density at radius 2 is 1.91 bits per heavy atom. The van der Waals surface area contributed by atoms with Crippen molar-refractivity contribution in [2.75, 3.05) is 11.6 Å². The minimum atomic E-state index is -0.660. The Morgan fingerprint density at radius 3 is 2.59 bits per heavy atom. The lowest BCUT2D eigenvalue weighted by Crippen LogP contribution is -2.30. The van der Waals surface area contributed by atoms with Gasteiger partial charge in [0, 0.05) is 11.0 Å². The van der Waals surface area contributed by atoms with Crippen molar-refractivity contribution in [2.24, 2.45) is 0 Å². The second-order valence-electron chi connectivity index (χ2n) is 4.53. The van der Waals surface area contributed by atoms with Crippen molar-refractivity contribution >= 4 is 46.6 Å². The van der Waals surface area contributed by atoms with Crippen molar-refractivity contribution in [3.05, 3.63) is 52.5 Å². The summed E-state index contributed by atoms with van der Waals surface area (Å²) in [5, 5.41) is 3.70. The van der Waals surface area contributed by atoms with Gasteiger partial charge in [0.05, 0.1) is 15.7 Å². The van der Waals surface area contributed by atoms with Crippen LogP contribution in [0.4, 0.5) is 5.69 Å². The van der Waals surface area contributed by atoms with E-state index in [4.69, 9.17) is 27.9 Å². The summed E-state index contributed by atoms with van der Waals surface area (Å²) in [6.07, 6.45) is 1.30. The van der Waals surface area contributed by atoms with E-state index in [-0.39, 0.29) is 5.91 Å². The Morgan fingerprint density at radius 1 is 1.18 bits per heavy atom. The number of amides is 1. The number of benzene rings is 2. The van der Waals surface area contributed by atoms with Crippen LogP contribution in [0.1, 0.15) is 6.92 Å². The molecule has 0 saturated carbocycles. The van der Waals surface area contributed by atoms with Gasteiger partial charge in [-0.1, -0.05) is 35.3 Å². The summed E-state index contributed by atoms with van der Waals surface area (Å²) in [4.78, 5) is 13.2. The van der Waals surface area contributed by atoms with E-state index in [9.17, 15) is 4.79 Å². The maximum absolute atomic E-state index is 12.2. The van der Waals surface area contributed by atoms with E-state index >= 15 is 0 Å². The molecule has 22 heavy (non-hydrogen) atoms. The molecule has 0 aliphatic carbocycles. The molecular weight excluding hydrogens is 341 g/mol. The van der Waals surface area contributed by atoms with Crippen LogP contribution in [0.3, 0.4) is 0 Å². The van der Waals surface area contributed by atoms with Crippen molar-refractivity contribution < 1.29 is 9.53 Å². The lowest BCUT2D eigenvalue weighted by atomic mass is 10.3. The molecule has 0 aliphatic rings. The minimum absolute atomic E-state index is 0.229. The zero-order valence-corrected chi connectivity index (χ0v) is 14.4. The fourth-order valence-corrected chi connectivity index (χ4v) is 2.63. The lowest BCUT2D eigenvalue weighted by Gasteiger charge is -2.16. The second-order valence-corrected chi connectivity index (χ2v) is 6.19. The predicted molar refractivity (Wildman–Crippen MR) is 93.4 cm³/mol. The molecule has 0 spiro atoms. The van der Waals surface area contributed by atoms with Crippen LogP contribution in [0.15, 0.2) is 47.4 Å². The highest BCUT2D eigenvalue weighted by Gasteiger charge is 2.16. The first-order valence-corrected chi connectivity index (χ1v) is 8.55. The molecule has 0 heterocycles. The van der Waals surface area contributed by atoms with Crippen LogP contribution < -0.4 is 10.1 Å². The first-order valence-electron chi connectivity index (χ1n) is 6.57. The summed E-state index contributed by atoms with van der Waals surface area (Å²) in [6.45, 7) is 1.68. The normalized spacial score (nSPS) is 11.8. The van der Waals surface area contributed by atoms with Gasteiger partial charge in [-0.2, -0.15) is 0 Å². The molecule has 0 fully saturated rings. The second kappa shape index (κ2) is 7.77. The van der Waals surface area contributed by atoms with Crippen LogP contribution in [0, 0.1) is 0 Å². The van der Waals surface area contributed by atoms with Crippen molar-refractivity contribution in [3.63, 3.8) is 0 Å². The monoisotopic (exact) mass is 355 g/mol. The van der Waals surface area contributed by atoms with Crippen LogP contribution >= 0.6 is 35.0 Å². The van der Waals surface area contributed by atoms with Crippen LogP contribution in [-0.2, 0) is 4.79 Å². The summed E-state index contributed by atoms with van der Waals surface area (Å²) in [7, 11) is 0. The van der Waals surface area contributed by atoms with Crippen LogP contribution in [0.25, 0.3) is 0 Å². The molecule has 116 valence electrons. The molecule has 1 N–H and O–H groups in total. The minimum Gasteiger partial charge on any atom is -0.481 e. The maximum atomic E-state index is 12.2. The number of carbonyl (C=O) groups is 1. The standard InChI is InChI=1S/C16H15Cl2NO2S/c1-10(21-11-7-8-12(17)13(18)9-11)16(20)19-14-5-3-4-6-15(14)22-2/h3-10H,1-2H3,(H,19,20). The molecule has 1 atom stereocenters. The fraction of sp³-hybridized carbons (Fsp3) is 0.188. The molecule has 2 rings (SSSR count).